The van der Waals surface area contributed by atoms with Crippen LogP contribution >= 0.6 is 0 Å². The van der Waals surface area contributed by atoms with Gasteiger partial charge in [0.05, 0.1) is 12.9 Å². The first kappa shape index (κ1) is 22.3. The number of rotatable bonds is 7. The summed E-state index contributed by atoms with van der Waals surface area (Å²) in [5.74, 6) is 1.30. The smallest absolute Gasteiger partial charge is 0.272 e. The third kappa shape index (κ3) is 4.84. The van der Waals surface area contributed by atoms with Crippen LogP contribution in [0.25, 0.3) is 0 Å². The lowest BCUT2D eigenvalue weighted by atomic mass is 10.1. The van der Waals surface area contributed by atoms with E-state index in [9.17, 15) is 13.2 Å². The van der Waals surface area contributed by atoms with Crippen molar-refractivity contribution in [1.29, 1.82) is 0 Å². The van der Waals surface area contributed by atoms with Gasteiger partial charge in [0, 0.05) is 36.9 Å². The SMILES string of the molecule is CCOc1ccccc1CNC(=O)c1nc(C)n(C2CCN(S(C)(=O)=O)CC2)c1C. The number of nitrogens with zero attached hydrogens (tertiary/aromatic N) is 3. The number of nitrogens with one attached hydrogen (secondary N) is 1. The molecule has 1 N–H and O–H groups in total. The van der Waals surface area contributed by atoms with Crippen LogP contribution in [0.2, 0.25) is 0 Å². The van der Waals surface area contributed by atoms with E-state index in [0.717, 1.165) is 22.8 Å². The monoisotopic (exact) mass is 434 g/mol. The zero-order chi connectivity index (χ0) is 21.9. The summed E-state index contributed by atoms with van der Waals surface area (Å²) in [7, 11) is -3.17. The highest BCUT2D eigenvalue weighted by Gasteiger charge is 2.29. The van der Waals surface area contributed by atoms with Crippen molar-refractivity contribution >= 4 is 15.9 Å². The van der Waals surface area contributed by atoms with Gasteiger partial charge in [0.2, 0.25) is 10.0 Å². The van der Waals surface area contributed by atoms with Gasteiger partial charge in [-0.25, -0.2) is 17.7 Å². The van der Waals surface area contributed by atoms with E-state index in [4.69, 9.17) is 4.74 Å². The fourth-order valence-corrected chi connectivity index (χ4v) is 4.92. The lowest BCUT2D eigenvalue weighted by Gasteiger charge is -2.32. The molecule has 0 atom stereocenters. The van der Waals surface area contributed by atoms with Crippen molar-refractivity contribution in [1.82, 2.24) is 19.2 Å². The Morgan fingerprint density at radius 1 is 1.23 bits per heavy atom. The maximum Gasteiger partial charge on any atom is 0.272 e. The second-order valence-corrected chi connectivity index (χ2v) is 9.56. The van der Waals surface area contributed by atoms with Crippen molar-refractivity contribution in [3.05, 3.63) is 47.0 Å². The lowest BCUT2D eigenvalue weighted by Crippen LogP contribution is -2.38. The van der Waals surface area contributed by atoms with Gasteiger partial charge in [0.1, 0.15) is 17.3 Å². The van der Waals surface area contributed by atoms with Crippen LogP contribution in [0.1, 0.15) is 53.4 Å². The minimum atomic E-state index is -3.17. The van der Waals surface area contributed by atoms with E-state index in [-0.39, 0.29) is 11.9 Å². The molecule has 0 radical (unpaired) electrons. The number of aromatic nitrogens is 2. The number of piperidine rings is 1. The second kappa shape index (κ2) is 9.18. The van der Waals surface area contributed by atoms with Crippen molar-refractivity contribution in [2.24, 2.45) is 0 Å². The van der Waals surface area contributed by atoms with E-state index in [0.29, 0.717) is 44.8 Å². The Kier molecular flexibility index (Phi) is 6.82. The first-order valence-electron chi connectivity index (χ1n) is 10.2. The van der Waals surface area contributed by atoms with Gasteiger partial charge in [0.25, 0.3) is 5.91 Å². The average Bonchev–Trinajstić information content (AvgIpc) is 3.01. The number of para-hydroxylation sites is 1. The number of sulfonamides is 1. The first-order chi connectivity index (χ1) is 14.2. The van der Waals surface area contributed by atoms with Gasteiger partial charge >= 0.3 is 0 Å². The average molecular weight is 435 g/mol. The molecule has 1 aromatic heterocycles. The van der Waals surface area contributed by atoms with Gasteiger partial charge in [-0.15, -0.1) is 0 Å². The molecule has 3 rings (SSSR count). The van der Waals surface area contributed by atoms with Crippen LogP contribution in [0, 0.1) is 13.8 Å². The van der Waals surface area contributed by atoms with Gasteiger partial charge in [0.15, 0.2) is 0 Å². The lowest BCUT2D eigenvalue weighted by molar-refractivity contribution is 0.0945. The summed E-state index contributed by atoms with van der Waals surface area (Å²) in [6.45, 7) is 7.59. The molecule has 30 heavy (non-hydrogen) atoms. The van der Waals surface area contributed by atoms with Crippen LogP contribution in [-0.4, -0.2) is 54.1 Å². The number of benzene rings is 1. The summed E-state index contributed by atoms with van der Waals surface area (Å²) in [6.07, 6.45) is 2.65. The molecule has 164 valence electrons. The Morgan fingerprint density at radius 3 is 2.53 bits per heavy atom. The van der Waals surface area contributed by atoms with Crippen molar-refractivity contribution in [2.45, 2.75) is 46.2 Å². The number of imidazole rings is 1. The number of carbonyl (C=O) groups excluding carboxylic acids is 1. The molecule has 1 fully saturated rings. The highest BCUT2D eigenvalue weighted by Crippen LogP contribution is 2.28. The van der Waals surface area contributed by atoms with Crippen LogP contribution < -0.4 is 10.1 Å². The molecular formula is C21H30N4O4S. The van der Waals surface area contributed by atoms with Crippen molar-refractivity contribution in [3.63, 3.8) is 0 Å². The molecule has 0 aliphatic carbocycles. The van der Waals surface area contributed by atoms with Crippen LogP contribution in [0.15, 0.2) is 24.3 Å². The molecule has 1 amide bonds. The van der Waals surface area contributed by atoms with Crippen molar-refractivity contribution in [3.8, 4) is 5.75 Å². The van der Waals surface area contributed by atoms with Gasteiger partial charge in [-0.05, 0) is 39.7 Å². The predicted octanol–water partition coefficient (Wildman–Crippen LogP) is 2.43. The van der Waals surface area contributed by atoms with Gasteiger partial charge < -0.3 is 14.6 Å². The van der Waals surface area contributed by atoms with E-state index in [1.54, 1.807) is 0 Å². The van der Waals surface area contributed by atoms with Gasteiger partial charge in [-0.1, -0.05) is 18.2 Å². The predicted molar refractivity (Wildman–Crippen MR) is 115 cm³/mol. The Labute approximate surface area is 178 Å². The minimum Gasteiger partial charge on any atom is -0.494 e. The summed E-state index contributed by atoms with van der Waals surface area (Å²) in [5, 5.41) is 2.94. The van der Waals surface area contributed by atoms with E-state index < -0.39 is 10.0 Å². The summed E-state index contributed by atoms with van der Waals surface area (Å²) >= 11 is 0. The summed E-state index contributed by atoms with van der Waals surface area (Å²) < 4.78 is 32.7. The molecule has 8 nitrogen and oxygen atoms in total. The number of amides is 1. The molecule has 9 heteroatoms. The molecule has 0 saturated carbocycles. The Balaban J connectivity index is 1.70. The fraction of sp³-hybridized carbons (Fsp3) is 0.524. The largest absolute Gasteiger partial charge is 0.494 e. The normalized spacial score (nSPS) is 15.9. The number of ether oxygens (including phenoxy) is 1. The Hall–Kier alpha value is -2.39. The Bertz CT molecular complexity index is 1010. The zero-order valence-corrected chi connectivity index (χ0v) is 18.8. The molecule has 0 bridgehead atoms. The maximum atomic E-state index is 12.8. The molecule has 1 saturated heterocycles. The van der Waals surface area contributed by atoms with Crippen LogP contribution in [0.4, 0.5) is 0 Å². The topological polar surface area (TPSA) is 93.5 Å². The molecule has 1 aliphatic heterocycles. The molecular weight excluding hydrogens is 404 g/mol. The molecule has 1 aliphatic rings. The summed E-state index contributed by atoms with van der Waals surface area (Å²) in [6, 6.07) is 7.77. The molecule has 1 aromatic carbocycles. The van der Waals surface area contributed by atoms with Crippen LogP contribution in [0.3, 0.4) is 0 Å². The van der Waals surface area contributed by atoms with Crippen LogP contribution in [0.5, 0.6) is 5.75 Å². The maximum absolute atomic E-state index is 12.8. The number of aryl methyl sites for hydroxylation is 1. The fourth-order valence-electron chi connectivity index (χ4n) is 4.04. The second-order valence-electron chi connectivity index (χ2n) is 7.58. The van der Waals surface area contributed by atoms with E-state index in [1.807, 2.05) is 45.0 Å². The van der Waals surface area contributed by atoms with Crippen molar-refractivity contribution < 1.29 is 17.9 Å². The minimum absolute atomic E-state index is 0.135. The molecule has 2 aromatic rings. The third-order valence-electron chi connectivity index (χ3n) is 5.51. The zero-order valence-electron chi connectivity index (χ0n) is 18.0. The number of hydrogen-bond acceptors (Lipinski definition) is 5. The molecule has 0 unspecified atom stereocenters. The standard InChI is InChI=1S/C21H30N4O4S/c1-5-29-19-9-7-6-8-17(19)14-22-21(26)20-15(2)25(16(3)23-20)18-10-12-24(13-11-18)30(4,27)28/h6-9,18H,5,10-14H2,1-4H3,(H,22,26). The molecule has 0 spiro atoms. The Morgan fingerprint density at radius 2 is 1.90 bits per heavy atom. The van der Waals surface area contributed by atoms with Crippen LogP contribution in [-0.2, 0) is 16.6 Å². The highest BCUT2D eigenvalue weighted by atomic mass is 32.2. The van der Waals surface area contributed by atoms with E-state index >= 15 is 0 Å². The quantitative estimate of drug-likeness (QED) is 0.722. The number of hydrogen-bond donors (Lipinski definition) is 1. The van der Waals surface area contributed by atoms with Gasteiger partial charge in [-0.3, -0.25) is 4.79 Å². The van der Waals surface area contributed by atoms with Gasteiger partial charge in [-0.2, -0.15) is 0 Å². The summed E-state index contributed by atoms with van der Waals surface area (Å²) in [5.41, 5.74) is 2.13. The van der Waals surface area contributed by atoms with E-state index in [1.165, 1.54) is 10.6 Å². The van der Waals surface area contributed by atoms with Crippen molar-refractivity contribution in [2.75, 3.05) is 26.0 Å². The summed E-state index contributed by atoms with van der Waals surface area (Å²) in [4.78, 5) is 17.3. The highest BCUT2D eigenvalue weighted by molar-refractivity contribution is 7.88. The van der Waals surface area contributed by atoms with E-state index in [2.05, 4.69) is 14.9 Å². The molecule has 2 heterocycles. The third-order valence-corrected chi connectivity index (χ3v) is 6.81. The first-order valence-corrected chi connectivity index (χ1v) is 12.1. The number of carbonyl (C=O) groups is 1.